The fourth-order valence-electron chi connectivity index (χ4n) is 2.59. The van der Waals surface area contributed by atoms with Gasteiger partial charge in [0, 0.05) is 23.8 Å². The normalized spacial score (nSPS) is 10.9. The van der Waals surface area contributed by atoms with Crippen LogP contribution in [0.2, 0.25) is 5.02 Å². The van der Waals surface area contributed by atoms with Crippen molar-refractivity contribution in [3.63, 3.8) is 0 Å². The second kappa shape index (κ2) is 6.68. The molecule has 1 aromatic carbocycles. The molecule has 25 heavy (non-hydrogen) atoms. The number of benzene rings is 1. The predicted octanol–water partition coefficient (Wildman–Crippen LogP) is 3.33. The lowest BCUT2D eigenvalue weighted by Crippen LogP contribution is -2.13. The maximum atomic E-state index is 14.0. The van der Waals surface area contributed by atoms with Gasteiger partial charge in [-0.25, -0.2) is 4.39 Å². The van der Waals surface area contributed by atoms with Crippen LogP contribution in [0.3, 0.4) is 0 Å². The van der Waals surface area contributed by atoms with E-state index in [-0.39, 0.29) is 18.3 Å². The van der Waals surface area contributed by atoms with Crippen molar-refractivity contribution in [2.75, 3.05) is 5.32 Å². The van der Waals surface area contributed by atoms with E-state index in [1.165, 1.54) is 12.3 Å². The quantitative estimate of drug-likeness (QED) is 0.775. The fourth-order valence-corrected chi connectivity index (χ4v) is 2.81. The third-order valence-corrected chi connectivity index (χ3v) is 4.31. The maximum absolute atomic E-state index is 14.0. The summed E-state index contributed by atoms with van der Waals surface area (Å²) in [7, 11) is 1.74. The Hall–Kier alpha value is -2.67. The summed E-state index contributed by atoms with van der Waals surface area (Å²) >= 11 is 6.08. The largest absolute Gasteiger partial charge is 0.319 e. The Morgan fingerprint density at radius 2 is 2.12 bits per heavy atom. The molecule has 0 unspecified atom stereocenters. The Morgan fingerprint density at radius 3 is 2.76 bits per heavy atom. The molecule has 0 saturated carbocycles. The minimum absolute atomic E-state index is 0.181. The molecule has 8 heteroatoms. The Balaban J connectivity index is 1.87. The molecule has 0 atom stereocenters. The minimum Gasteiger partial charge on any atom is -0.319 e. The number of aromatic nitrogens is 4. The number of aryl methyl sites for hydroxylation is 2. The third-order valence-electron chi connectivity index (χ3n) is 3.96. The average molecular weight is 362 g/mol. The number of anilines is 1. The molecule has 130 valence electrons. The van der Waals surface area contributed by atoms with Gasteiger partial charge in [0.2, 0.25) is 0 Å². The van der Waals surface area contributed by atoms with E-state index in [9.17, 15) is 9.18 Å². The summed E-state index contributed by atoms with van der Waals surface area (Å²) in [5.41, 5.74) is 2.77. The summed E-state index contributed by atoms with van der Waals surface area (Å²) in [6.45, 7) is 3.78. The van der Waals surface area contributed by atoms with Crippen molar-refractivity contribution in [3.05, 3.63) is 63.9 Å². The number of nitrogens with zero attached hydrogens (tertiary/aromatic N) is 4. The van der Waals surface area contributed by atoms with Gasteiger partial charge in [0.05, 0.1) is 35.4 Å². The first-order chi connectivity index (χ1) is 11.9. The molecule has 0 spiro atoms. The SMILES string of the molecule is Cc1nn(Cc2c(F)cccc2Cl)c(C)c1NC(=O)c1cnn(C)c1. The molecule has 3 rings (SSSR count). The zero-order valence-corrected chi connectivity index (χ0v) is 14.8. The van der Waals surface area contributed by atoms with Gasteiger partial charge in [0.25, 0.3) is 5.91 Å². The van der Waals surface area contributed by atoms with Crippen LogP contribution in [0.1, 0.15) is 27.3 Å². The van der Waals surface area contributed by atoms with E-state index >= 15 is 0 Å². The summed E-state index contributed by atoms with van der Waals surface area (Å²) < 4.78 is 17.2. The number of rotatable bonds is 4. The second-order valence-corrected chi connectivity index (χ2v) is 6.17. The molecule has 0 saturated heterocycles. The van der Waals surface area contributed by atoms with Gasteiger partial charge in [-0.3, -0.25) is 14.2 Å². The van der Waals surface area contributed by atoms with Crippen molar-refractivity contribution in [1.82, 2.24) is 19.6 Å². The van der Waals surface area contributed by atoms with Gasteiger partial charge >= 0.3 is 0 Å². The Bertz CT molecular complexity index is 926. The first-order valence-corrected chi connectivity index (χ1v) is 8.01. The number of hydrogen-bond donors (Lipinski definition) is 1. The van der Waals surface area contributed by atoms with E-state index in [0.717, 1.165) is 0 Å². The molecule has 6 nitrogen and oxygen atoms in total. The highest BCUT2D eigenvalue weighted by Gasteiger charge is 2.18. The number of nitrogens with one attached hydrogen (secondary N) is 1. The molecule has 2 aromatic heterocycles. The lowest BCUT2D eigenvalue weighted by atomic mass is 10.2. The predicted molar refractivity (Wildman–Crippen MR) is 93.4 cm³/mol. The Labute approximate surface area is 149 Å². The molecular weight excluding hydrogens is 345 g/mol. The molecule has 0 fully saturated rings. The van der Waals surface area contributed by atoms with Crippen LogP contribution in [0.25, 0.3) is 0 Å². The highest BCUT2D eigenvalue weighted by atomic mass is 35.5. The van der Waals surface area contributed by atoms with Gasteiger partial charge < -0.3 is 5.32 Å². The van der Waals surface area contributed by atoms with Crippen molar-refractivity contribution in [2.45, 2.75) is 20.4 Å². The topological polar surface area (TPSA) is 64.7 Å². The zero-order valence-electron chi connectivity index (χ0n) is 14.0. The zero-order chi connectivity index (χ0) is 18.1. The van der Waals surface area contributed by atoms with E-state index < -0.39 is 0 Å². The van der Waals surface area contributed by atoms with E-state index in [1.807, 2.05) is 6.92 Å². The van der Waals surface area contributed by atoms with E-state index in [4.69, 9.17) is 11.6 Å². The van der Waals surface area contributed by atoms with Crippen LogP contribution in [-0.2, 0) is 13.6 Å². The second-order valence-electron chi connectivity index (χ2n) is 5.76. The molecule has 0 aliphatic carbocycles. The highest BCUT2D eigenvalue weighted by Crippen LogP contribution is 2.24. The lowest BCUT2D eigenvalue weighted by Gasteiger charge is -2.09. The smallest absolute Gasteiger partial charge is 0.258 e. The summed E-state index contributed by atoms with van der Waals surface area (Å²) in [5.74, 6) is -0.663. The fraction of sp³-hybridized carbons (Fsp3) is 0.235. The van der Waals surface area contributed by atoms with Crippen molar-refractivity contribution in [1.29, 1.82) is 0 Å². The highest BCUT2D eigenvalue weighted by molar-refractivity contribution is 6.31. The van der Waals surface area contributed by atoms with Gasteiger partial charge in [-0.1, -0.05) is 17.7 Å². The number of carbonyl (C=O) groups is 1. The van der Waals surface area contributed by atoms with Crippen LogP contribution < -0.4 is 5.32 Å². The molecule has 0 radical (unpaired) electrons. The van der Waals surface area contributed by atoms with E-state index in [1.54, 1.807) is 41.7 Å². The molecule has 3 aromatic rings. The summed E-state index contributed by atoms with van der Waals surface area (Å²) in [5, 5.41) is 11.6. The molecule has 2 heterocycles. The van der Waals surface area contributed by atoms with Crippen molar-refractivity contribution >= 4 is 23.2 Å². The third kappa shape index (κ3) is 3.41. The Kier molecular flexibility index (Phi) is 4.59. The number of hydrogen-bond acceptors (Lipinski definition) is 3. The standard InChI is InChI=1S/C17H17ClFN5O/c1-10-16(21-17(25)12-7-20-23(3)8-12)11(2)24(22-10)9-13-14(18)5-4-6-15(13)19/h4-8H,9H2,1-3H3,(H,21,25). The minimum atomic E-state index is -0.388. The van der Waals surface area contributed by atoms with Gasteiger partial charge in [-0.2, -0.15) is 10.2 Å². The summed E-state index contributed by atoms with van der Waals surface area (Å²) in [6, 6.07) is 4.55. The molecule has 1 amide bonds. The van der Waals surface area contributed by atoms with E-state index in [2.05, 4.69) is 15.5 Å². The molecule has 1 N–H and O–H groups in total. The number of amides is 1. The first kappa shape index (κ1) is 17.2. The van der Waals surface area contributed by atoms with E-state index in [0.29, 0.717) is 33.2 Å². The van der Waals surface area contributed by atoms with Gasteiger partial charge in [-0.15, -0.1) is 0 Å². The van der Waals surface area contributed by atoms with Crippen LogP contribution in [0.4, 0.5) is 10.1 Å². The average Bonchev–Trinajstić information content (AvgIpc) is 3.10. The number of carbonyl (C=O) groups excluding carboxylic acids is 1. The molecule has 0 aliphatic heterocycles. The van der Waals surface area contributed by atoms with Crippen molar-refractivity contribution in [2.24, 2.45) is 7.05 Å². The molecule has 0 aliphatic rings. The monoisotopic (exact) mass is 361 g/mol. The van der Waals surface area contributed by atoms with Crippen LogP contribution in [0, 0.1) is 19.7 Å². The maximum Gasteiger partial charge on any atom is 0.258 e. The van der Waals surface area contributed by atoms with Crippen molar-refractivity contribution in [3.8, 4) is 0 Å². The number of halogens is 2. The van der Waals surface area contributed by atoms with Crippen LogP contribution in [0.5, 0.6) is 0 Å². The van der Waals surface area contributed by atoms with Gasteiger partial charge in [0.15, 0.2) is 0 Å². The van der Waals surface area contributed by atoms with Gasteiger partial charge in [0.1, 0.15) is 5.82 Å². The molecular formula is C17H17ClFN5O. The molecule has 0 bridgehead atoms. The van der Waals surface area contributed by atoms with Crippen LogP contribution in [0.15, 0.2) is 30.6 Å². The van der Waals surface area contributed by atoms with Crippen molar-refractivity contribution < 1.29 is 9.18 Å². The van der Waals surface area contributed by atoms with Gasteiger partial charge in [-0.05, 0) is 26.0 Å². The lowest BCUT2D eigenvalue weighted by molar-refractivity contribution is 0.102. The van der Waals surface area contributed by atoms with Crippen LogP contribution >= 0.6 is 11.6 Å². The summed E-state index contributed by atoms with van der Waals surface area (Å²) in [6.07, 6.45) is 3.12. The first-order valence-electron chi connectivity index (χ1n) is 7.63. The Morgan fingerprint density at radius 1 is 1.36 bits per heavy atom. The summed E-state index contributed by atoms with van der Waals surface area (Å²) in [4.78, 5) is 12.3. The van der Waals surface area contributed by atoms with Crippen LogP contribution in [-0.4, -0.2) is 25.5 Å².